The van der Waals surface area contributed by atoms with Gasteiger partial charge < -0.3 is 25.0 Å². The van der Waals surface area contributed by atoms with Crippen LogP contribution in [-0.4, -0.2) is 48.6 Å². The van der Waals surface area contributed by atoms with Gasteiger partial charge in [-0.15, -0.1) is 13.2 Å². The predicted molar refractivity (Wildman–Crippen MR) is 136 cm³/mol. The van der Waals surface area contributed by atoms with Gasteiger partial charge in [0.2, 0.25) is 5.91 Å². The molecule has 0 aliphatic heterocycles. The molecule has 2 aromatic carbocycles. The fourth-order valence-electron chi connectivity index (χ4n) is 3.39. The smallest absolute Gasteiger partial charge is 0.404 e. The number of fused-ring (bicyclic) bond motifs is 1. The summed E-state index contributed by atoms with van der Waals surface area (Å²) in [6.45, 7) is 5.34. The minimum absolute atomic E-state index is 0.119. The van der Waals surface area contributed by atoms with E-state index in [1.54, 1.807) is 18.3 Å². The Morgan fingerprint density at radius 2 is 2.08 bits per heavy atom. The largest absolute Gasteiger partial charge is 0.573 e. The second-order valence-electron chi connectivity index (χ2n) is 7.80. The zero-order valence-electron chi connectivity index (χ0n) is 19.7. The molecule has 0 unspecified atom stereocenters. The van der Waals surface area contributed by atoms with Crippen molar-refractivity contribution in [1.82, 2.24) is 15.5 Å². The molecule has 0 saturated heterocycles. The van der Waals surface area contributed by atoms with Crippen LogP contribution in [0.15, 0.2) is 49.3 Å². The SMILES string of the molecule is C=CN(C=N)c1cc(NC(=O)CCOCCCNCc2ccc(OC(F)(F)F)c(Cl)c2)c2cn[nH]c2c1. The number of aromatic amines is 1. The number of benzene rings is 2. The van der Waals surface area contributed by atoms with Crippen LogP contribution in [-0.2, 0) is 16.1 Å². The maximum Gasteiger partial charge on any atom is 0.573 e. The third-order valence-corrected chi connectivity index (χ3v) is 5.41. The number of ether oxygens (including phenoxy) is 2. The molecule has 198 valence electrons. The molecule has 0 fully saturated rings. The van der Waals surface area contributed by atoms with Gasteiger partial charge in [0, 0.05) is 24.7 Å². The van der Waals surface area contributed by atoms with Crippen molar-refractivity contribution in [3.05, 3.63) is 59.9 Å². The van der Waals surface area contributed by atoms with Crippen molar-refractivity contribution in [1.29, 1.82) is 5.41 Å². The van der Waals surface area contributed by atoms with Crippen molar-refractivity contribution in [2.45, 2.75) is 25.7 Å². The van der Waals surface area contributed by atoms with Gasteiger partial charge in [-0.2, -0.15) is 5.10 Å². The Kier molecular flexibility index (Phi) is 9.89. The van der Waals surface area contributed by atoms with E-state index >= 15 is 0 Å². The number of carbonyl (C=O) groups is 1. The maximum atomic E-state index is 12.4. The summed E-state index contributed by atoms with van der Waals surface area (Å²) in [5.74, 6) is -0.671. The fraction of sp³-hybridized carbons (Fsp3) is 0.292. The second-order valence-corrected chi connectivity index (χ2v) is 8.20. The van der Waals surface area contributed by atoms with Crippen LogP contribution in [0.3, 0.4) is 0 Å². The Morgan fingerprint density at radius 1 is 1.27 bits per heavy atom. The molecule has 0 radical (unpaired) electrons. The second kappa shape index (κ2) is 13.1. The van der Waals surface area contributed by atoms with Gasteiger partial charge >= 0.3 is 6.36 Å². The zero-order chi connectivity index (χ0) is 26.8. The highest BCUT2D eigenvalue weighted by molar-refractivity contribution is 6.32. The monoisotopic (exact) mass is 538 g/mol. The number of nitrogens with zero attached hydrogens (tertiary/aromatic N) is 2. The lowest BCUT2D eigenvalue weighted by Gasteiger charge is -2.16. The van der Waals surface area contributed by atoms with Gasteiger partial charge in [0.05, 0.1) is 47.5 Å². The van der Waals surface area contributed by atoms with E-state index in [2.05, 4.69) is 32.1 Å². The quantitative estimate of drug-likeness (QED) is 0.127. The molecule has 3 rings (SSSR count). The number of alkyl halides is 3. The minimum Gasteiger partial charge on any atom is -0.404 e. The molecule has 13 heteroatoms. The summed E-state index contributed by atoms with van der Waals surface area (Å²) < 4.78 is 46.3. The van der Waals surface area contributed by atoms with Crippen LogP contribution in [0, 0.1) is 5.41 Å². The van der Waals surface area contributed by atoms with Crippen LogP contribution in [0.5, 0.6) is 5.75 Å². The third kappa shape index (κ3) is 8.48. The normalized spacial score (nSPS) is 11.4. The number of halogens is 4. The topological polar surface area (TPSA) is 115 Å². The molecule has 1 amide bonds. The summed E-state index contributed by atoms with van der Waals surface area (Å²) in [6.07, 6.45) is 0.227. The average Bonchev–Trinajstić information content (AvgIpc) is 3.32. The van der Waals surface area contributed by atoms with Gasteiger partial charge in [0.1, 0.15) is 5.75 Å². The number of amides is 1. The van der Waals surface area contributed by atoms with E-state index < -0.39 is 12.1 Å². The first-order valence-electron chi connectivity index (χ1n) is 11.2. The summed E-state index contributed by atoms with van der Waals surface area (Å²) >= 11 is 5.84. The highest BCUT2D eigenvalue weighted by atomic mass is 35.5. The number of nitrogens with one attached hydrogen (secondary N) is 4. The van der Waals surface area contributed by atoms with Gasteiger partial charge in [-0.25, -0.2) is 0 Å². The van der Waals surface area contributed by atoms with Crippen molar-refractivity contribution in [2.24, 2.45) is 0 Å². The number of H-pyrrole nitrogens is 1. The molecule has 0 saturated carbocycles. The van der Waals surface area contributed by atoms with Crippen LogP contribution in [0.25, 0.3) is 10.9 Å². The highest BCUT2D eigenvalue weighted by Crippen LogP contribution is 2.31. The van der Waals surface area contributed by atoms with Crippen molar-refractivity contribution < 1.29 is 27.4 Å². The van der Waals surface area contributed by atoms with E-state index in [0.717, 1.165) is 11.7 Å². The third-order valence-electron chi connectivity index (χ3n) is 5.12. The van der Waals surface area contributed by atoms with Gasteiger partial charge in [0.25, 0.3) is 0 Å². The minimum atomic E-state index is -4.80. The maximum absolute atomic E-state index is 12.4. The number of anilines is 2. The Hall–Kier alpha value is -3.61. The van der Waals surface area contributed by atoms with E-state index in [1.165, 1.54) is 29.3 Å². The lowest BCUT2D eigenvalue weighted by atomic mass is 10.2. The van der Waals surface area contributed by atoms with E-state index in [4.69, 9.17) is 21.7 Å². The standard InChI is InChI=1S/C24H26ClF3N6O3/c1-2-34(15-29)17-11-20(18-14-31-33-21(18)12-17)32-23(35)6-9-36-8-3-7-30-13-16-4-5-22(19(25)10-16)37-24(26,27)28/h2,4-5,10-12,14-15,29-30H,1,3,6-9,13H2,(H,31,33)(H,32,35). The number of aromatic nitrogens is 2. The van der Waals surface area contributed by atoms with Crippen LogP contribution >= 0.6 is 11.6 Å². The lowest BCUT2D eigenvalue weighted by Crippen LogP contribution is -2.19. The molecule has 1 aromatic heterocycles. The van der Waals surface area contributed by atoms with Crippen molar-refractivity contribution >= 4 is 46.1 Å². The van der Waals surface area contributed by atoms with Crippen molar-refractivity contribution in [3.63, 3.8) is 0 Å². The molecule has 0 atom stereocenters. The van der Waals surface area contributed by atoms with E-state index in [0.29, 0.717) is 48.6 Å². The van der Waals surface area contributed by atoms with E-state index in [9.17, 15) is 18.0 Å². The number of carbonyl (C=O) groups excluding carboxylic acids is 1. The molecular weight excluding hydrogens is 513 g/mol. The Balaban J connectivity index is 1.35. The van der Waals surface area contributed by atoms with Crippen LogP contribution in [0.2, 0.25) is 5.02 Å². The molecule has 37 heavy (non-hydrogen) atoms. The van der Waals surface area contributed by atoms with Gasteiger partial charge in [-0.3, -0.25) is 15.3 Å². The van der Waals surface area contributed by atoms with Crippen LogP contribution in [0.1, 0.15) is 18.4 Å². The molecular formula is C24H26ClF3N6O3. The molecule has 4 N–H and O–H groups in total. The summed E-state index contributed by atoms with van der Waals surface area (Å²) in [7, 11) is 0. The van der Waals surface area contributed by atoms with Crippen molar-refractivity contribution in [3.8, 4) is 5.75 Å². The van der Waals surface area contributed by atoms with E-state index in [1.807, 2.05) is 0 Å². The van der Waals surface area contributed by atoms with Gasteiger partial charge in [-0.1, -0.05) is 24.2 Å². The summed E-state index contributed by atoms with van der Waals surface area (Å²) in [5.41, 5.74) is 2.62. The number of rotatable bonds is 14. The molecule has 0 bridgehead atoms. The fourth-order valence-corrected chi connectivity index (χ4v) is 3.64. The zero-order valence-corrected chi connectivity index (χ0v) is 20.5. The Labute approximate surface area is 216 Å². The summed E-state index contributed by atoms with van der Waals surface area (Å²) in [6, 6.07) is 7.63. The molecule has 0 aliphatic carbocycles. The molecule has 0 aliphatic rings. The Bertz CT molecular complexity index is 1230. The van der Waals surface area contributed by atoms with Gasteiger partial charge in [0.15, 0.2) is 0 Å². The Morgan fingerprint density at radius 3 is 2.78 bits per heavy atom. The average molecular weight is 539 g/mol. The van der Waals surface area contributed by atoms with Gasteiger partial charge in [-0.05, 0) is 42.8 Å². The first kappa shape index (κ1) is 28.0. The highest BCUT2D eigenvalue weighted by Gasteiger charge is 2.32. The first-order valence-corrected chi connectivity index (χ1v) is 11.6. The number of hydrogen-bond donors (Lipinski definition) is 4. The molecule has 3 aromatic rings. The van der Waals surface area contributed by atoms with Crippen LogP contribution < -0.4 is 20.3 Å². The lowest BCUT2D eigenvalue weighted by molar-refractivity contribution is -0.274. The molecule has 9 nitrogen and oxygen atoms in total. The molecule has 1 heterocycles. The van der Waals surface area contributed by atoms with Crippen LogP contribution in [0.4, 0.5) is 24.5 Å². The summed E-state index contributed by atoms with van der Waals surface area (Å²) in [4.78, 5) is 13.9. The predicted octanol–water partition coefficient (Wildman–Crippen LogP) is 5.20. The summed E-state index contributed by atoms with van der Waals surface area (Å²) in [5, 5.41) is 21.0. The molecule has 0 spiro atoms. The number of hydrogen-bond acceptors (Lipinski definition) is 6. The van der Waals surface area contributed by atoms with E-state index in [-0.39, 0.29) is 24.0 Å². The first-order chi connectivity index (χ1) is 17.7. The van der Waals surface area contributed by atoms with Crippen molar-refractivity contribution in [2.75, 3.05) is 30.0 Å².